The van der Waals surface area contributed by atoms with Crippen molar-refractivity contribution in [2.75, 3.05) is 33.4 Å². The molecule has 2 amide bonds. The third-order valence-corrected chi connectivity index (χ3v) is 2.91. The molecule has 0 aliphatic carbocycles. The van der Waals surface area contributed by atoms with Crippen LogP contribution in [0.5, 0.6) is 0 Å². The monoisotopic (exact) mass is 260 g/mol. The molecule has 7 heteroatoms. The van der Waals surface area contributed by atoms with Gasteiger partial charge in [-0.25, -0.2) is 9.59 Å². The Hall–Kier alpha value is -1.34. The number of nitrogens with zero attached hydrogens (tertiary/aromatic N) is 2. The van der Waals surface area contributed by atoms with Gasteiger partial charge >= 0.3 is 12.0 Å². The van der Waals surface area contributed by atoms with E-state index in [9.17, 15) is 14.7 Å². The number of carboxylic acid groups (broad SMARTS) is 1. The van der Waals surface area contributed by atoms with Crippen molar-refractivity contribution >= 4 is 12.0 Å². The zero-order chi connectivity index (χ0) is 13.7. The molecule has 1 rings (SSSR count). The Morgan fingerprint density at radius 2 is 2.17 bits per heavy atom. The van der Waals surface area contributed by atoms with E-state index in [-0.39, 0.29) is 13.0 Å². The van der Waals surface area contributed by atoms with Crippen LogP contribution in [0.25, 0.3) is 0 Å². The number of carboxylic acids is 1. The quantitative estimate of drug-likeness (QED) is 0.656. The highest BCUT2D eigenvalue weighted by atomic mass is 16.5. The summed E-state index contributed by atoms with van der Waals surface area (Å²) in [5.74, 6) is -1.09. The van der Waals surface area contributed by atoms with E-state index in [1.54, 1.807) is 7.05 Å². The first-order chi connectivity index (χ1) is 8.47. The molecule has 7 nitrogen and oxygen atoms in total. The van der Waals surface area contributed by atoms with Gasteiger partial charge in [-0.1, -0.05) is 0 Å². The van der Waals surface area contributed by atoms with Gasteiger partial charge in [0.25, 0.3) is 0 Å². The lowest BCUT2D eigenvalue weighted by Crippen LogP contribution is -2.47. The fourth-order valence-electron chi connectivity index (χ4n) is 1.92. The van der Waals surface area contributed by atoms with Gasteiger partial charge in [0.15, 0.2) is 0 Å². The summed E-state index contributed by atoms with van der Waals surface area (Å²) in [7, 11) is 1.59. The Kier molecular flexibility index (Phi) is 5.36. The number of likely N-dealkylation sites (N-methyl/N-ethyl adjacent to an activating group) is 1. The third-order valence-electron chi connectivity index (χ3n) is 2.91. The first-order valence-corrected chi connectivity index (χ1v) is 5.97. The Morgan fingerprint density at radius 3 is 2.72 bits per heavy atom. The van der Waals surface area contributed by atoms with Gasteiger partial charge in [-0.2, -0.15) is 0 Å². The predicted octanol–water partition coefficient (Wildman–Crippen LogP) is -0.405. The van der Waals surface area contributed by atoms with Gasteiger partial charge in [-0.15, -0.1) is 0 Å². The highest BCUT2D eigenvalue weighted by Gasteiger charge is 2.39. The van der Waals surface area contributed by atoms with Crippen molar-refractivity contribution in [1.29, 1.82) is 0 Å². The summed E-state index contributed by atoms with van der Waals surface area (Å²) in [6.07, 6.45) is -0.684. The number of likely N-dealkylation sites (tertiary alicyclic amines) is 1. The average Bonchev–Trinajstić information content (AvgIpc) is 2.70. The fourth-order valence-corrected chi connectivity index (χ4v) is 1.92. The van der Waals surface area contributed by atoms with Crippen molar-refractivity contribution in [3.8, 4) is 0 Å². The molecule has 2 N–H and O–H groups in total. The number of hydrogen-bond donors (Lipinski definition) is 2. The second-order valence-corrected chi connectivity index (χ2v) is 4.30. The van der Waals surface area contributed by atoms with E-state index in [0.717, 1.165) is 0 Å². The van der Waals surface area contributed by atoms with Crippen LogP contribution in [0.15, 0.2) is 0 Å². The number of aliphatic hydroxyl groups is 1. The SMILES string of the molecule is CCOCCN(C)C(=O)N1C[C@H](O)C[C@H]1C(=O)O. The van der Waals surface area contributed by atoms with Crippen LogP contribution in [0.1, 0.15) is 13.3 Å². The third kappa shape index (κ3) is 3.58. The molecular formula is C11H20N2O5. The van der Waals surface area contributed by atoms with Gasteiger partial charge in [-0.05, 0) is 6.92 Å². The lowest BCUT2D eigenvalue weighted by molar-refractivity contribution is -0.141. The molecule has 0 aromatic rings. The number of carbonyl (C=O) groups excluding carboxylic acids is 1. The Bertz CT molecular complexity index is 310. The lowest BCUT2D eigenvalue weighted by Gasteiger charge is -2.27. The van der Waals surface area contributed by atoms with Gasteiger partial charge in [0.1, 0.15) is 6.04 Å². The Balaban J connectivity index is 2.56. The summed E-state index contributed by atoms with van der Waals surface area (Å²) < 4.78 is 5.13. The number of rotatable bonds is 5. The summed E-state index contributed by atoms with van der Waals surface area (Å²) in [6, 6.07) is -1.33. The second kappa shape index (κ2) is 6.55. The first-order valence-electron chi connectivity index (χ1n) is 5.97. The molecule has 0 aromatic carbocycles. The Labute approximate surface area is 106 Å². The summed E-state index contributed by atoms with van der Waals surface area (Å²) in [5.41, 5.74) is 0. The number of hydrogen-bond acceptors (Lipinski definition) is 4. The summed E-state index contributed by atoms with van der Waals surface area (Å²) in [5, 5.41) is 18.5. The number of urea groups is 1. The van der Waals surface area contributed by atoms with Gasteiger partial charge in [0, 0.05) is 33.2 Å². The van der Waals surface area contributed by atoms with E-state index in [2.05, 4.69) is 0 Å². The van der Waals surface area contributed by atoms with E-state index in [0.29, 0.717) is 19.8 Å². The van der Waals surface area contributed by atoms with Crippen molar-refractivity contribution in [1.82, 2.24) is 9.80 Å². The minimum Gasteiger partial charge on any atom is -0.480 e. The summed E-state index contributed by atoms with van der Waals surface area (Å²) in [4.78, 5) is 25.6. The van der Waals surface area contributed by atoms with Crippen molar-refractivity contribution in [2.45, 2.75) is 25.5 Å². The predicted molar refractivity (Wildman–Crippen MR) is 63.3 cm³/mol. The summed E-state index contributed by atoms with van der Waals surface area (Å²) in [6.45, 7) is 3.30. The highest BCUT2D eigenvalue weighted by molar-refractivity contribution is 5.83. The maximum absolute atomic E-state index is 12.0. The molecular weight excluding hydrogens is 240 g/mol. The van der Waals surface area contributed by atoms with Crippen molar-refractivity contribution in [2.24, 2.45) is 0 Å². The first kappa shape index (κ1) is 14.7. The molecule has 0 aromatic heterocycles. The van der Waals surface area contributed by atoms with Gasteiger partial charge in [0.05, 0.1) is 12.7 Å². The fraction of sp³-hybridized carbons (Fsp3) is 0.818. The summed E-state index contributed by atoms with van der Waals surface area (Å²) >= 11 is 0. The molecule has 0 bridgehead atoms. The van der Waals surface area contributed by atoms with E-state index < -0.39 is 24.1 Å². The van der Waals surface area contributed by atoms with Crippen LogP contribution in [-0.2, 0) is 9.53 Å². The lowest BCUT2D eigenvalue weighted by atomic mass is 10.2. The number of amides is 2. The van der Waals surface area contributed by atoms with Crippen LogP contribution in [0.2, 0.25) is 0 Å². The highest BCUT2D eigenvalue weighted by Crippen LogP contribution is 2.19. The number of aliphatic carboxylic acids is 1. The van der Waals surface area contributed by atoms with Gasteiger partial charge < -0.3 is 24.7 Å². The van der Waals surface area contributed by atoms with Crippen LogP contribution in [-0.4, -0.2) is 77.5 Å². The minimum absolute atomic E-state index is 0.0643. The van der Waals surface area contributed by atoms with E-state index >= 15 is 0 Å². The molecule has 104 valence electrons. The number of β-amino-alcohol motifs (C(OH)–C–C–N with tert-alkyl or cyclic N) is 1. The maximum atomic E-state index is 12.0. The van der Waals surface area contributed by atoms with Crippen LogP contribution < -0.4 is 0 Å². The van der Waals surface area contributed by atoms with Crippen LogP contribution >= 0.6 is 0 Å². The number of aliphatic hydroxyl groups excluding tert-OH is 1. The maximum Gasteiger partial charge on any atom is 0.326 e. The Morgan fingerprint density at radius 1 is 1.50 bits per heavy atom. The smallest absolute Gasteiger partial charge is 0.326 e. The van der Waals surface area contributed by atoms with Crippen LogP contribution in [0.3, 0.4) is 0 Å². The second-order valence-electron chi connectivity index (χ2n) is 4.30. The minimum atomic E-state index is -1.09. The number of carbonyl (C=O) groups is 2. The molecule has 2 atom stereocenters. The zero-order valence-corrected chi connectivity index (χ0v) is 10.7. The van der Waals surface area contributed by atoms with Crippen LogP contribution in [0.4, 0.5) is 4.79 Å². The van der Waals surface area contributed by atoms with Crippen LogP contribution in [0, 0.1) is 0 Å². The molecule has 1 aliphatic heterocycles. The zero-order valence-electron chi connectivity index (χ0n) is 10.7. The molecule has 0 unspecified atom stereocenters. The van der Waals surface area contributed by atoms with E-state index in [1.165, 1.54) is 9.80 Å². The van der Waals surface area contributed by atoms with Crippen molar-refractivity contribution < 1.29 is 24.5 Å². The topological polar surface area (TPSA) is 90.3 Å². The molecule has 1 aliphatic rings. The normalized spacial score (nSPS) is 23.2. The standard InChI is InChI=1S/C11H20N2O5/c1-3-18-5-4-12(2)11(17)13-7-8(14)6-9(13)10(15)16/h8-9,14H,3-7H2,1-2H3,(H,15,16)/t8-,9+/m1/s1. The van der Waals surface area contributed by atoms with E-state index in [4.69, 9.17) is 9.84 Å². The molecule has 18 heavy (non-hydrogen) atoms. The molecule has 1 saturated heterocycles. The van der Waals surface area contributed by atoms with Gasteiger partial charge in [-0.3, -0.25) is 0 Å². The molecule has 0 saturated carbocycles. The average molecular weight is 260 g/mol. The molecule has 0 radical (unpaired) electrons. The molecule has 1 fully saturated rings. The molecule has 0 spiro atoms. The van der Waals surface area contributed by atoms with Crippen molar-refractivity contribution in [3.05, 3.63) is 0 Å². The molecule has 1 heterocycles. The van der Waals surface area contributed by atoms with Gasteiger partial charge in [0.2, 0.25) is 0 Å². The van der Waals surface area contributed by atoms with E-state index in [1.807, 2.05) is 6.92 Å². The largest absolute Gasteiger partial charge is 0.480 e. The number of ether oxygens (including phenoxy) is 1. The van der Waals surface area contributed by atoms with Crippen molar-refractivity contribution in [3.63, 3.8) is 0 Å².